The molecule has 0 spiro atoms. The van der Waals surface area contributed by atoms with Gasteiger partial charge in [0.15, 0.2) is 0 Å². The average Bonchev–Trinajstić information content (AvgIpc) is 2.07. The third kappa shape index (κ3) is 2.63. The molecule has 1 atom stereocenters. The lowest BCUT2D eigenvalue weighted by atomic mass is 10.2. The molecule has 0 saturated heterocycles. The number of hydrogen-bond acceptors (Lipinski definition) is 1. The van der Waals surface area contributed by atoms with Crippen LogP contribution < -0.4 is 0 Å². The third-order valence-corrected chi connectivity index (χ3v) is 4.32. The molecular weight excluding hydrogens is 182 g/mol. The zero-order valence-corrected chi connectivity index (χ0v) is 9.67. The van der Waals surface area contributed by atoms with Gasteiger partial charge in [-0.2, -0.15) is 0 Å². The first-order valence-electron chi connectivity index (χ1n) is 4.03. The predicted molar refractivity (Wildman–Crippen MR) is 54.5 cm³/mol. The monoisotopic (exact) mass is 193 g/mol. The van der Waals surface area contributed by atoms with Crippen LogP contribution in [0.1, 0.15) is 9.73 Å². The number of rotatable bonds is 3. The molecule has 0 heterocycles. The summed E-state index contributed by atoms with van der Waals surface area (Å²) in [6.07, 6.45) is 0. The number of benzene rings is 1. The standard InChI is InChI=1S/C9H12N.ClH.Mg/c1-10(2)8-9-6-4-3-5-7-9;;/h3-8H,1-2H3;1H;/q;;+1/p-1. The summed E-state index contributed by atoms with van der Waals surface area (Å²) in [5.74, 6) is 0. The van der Waals surface area contributed by atoms with Crippen molar-refractivity contribution in [2.75, 3.05) is 14.1 Å². The first kappa shape index (κ1) is 10.3. The highest BCUT2D eigenvalue weighted by Gasteiger charge is 2.14. The van der Waals surface area contributed by atoms with E-state index >= 15 is 0 Å². The summed E-state index contributed by atoms with van der Waals surface area (Å²) in [4.78, 5) is 2.19. The third-order valence-electron chi connectivity index (χ3n) is 1.95. The van der Waals surface area contributed by atoms with Crippen molar-refractivity contribution in [1.29, 1.82) is 0 Å². The topological polar surface area (TPSA) is 3.24 Å². The van der Waals surface area contributed by atoms with Crippen LogP contribution in [-0.4, -0.2) is 38.3 Å². The van der Waals surface area contributed by atoms with Crippen molar-refractivity contribution in [2.24, 2.45) is 0 Å². The van der Waals surface area contributed by atoms with Crippen LogP contribution in [0.4, 0.5) is 0 Å². The van der Waals surface area contributed by atoms with E-state index in [0.717, 1.165) is 0 Å². The molecule has 0 N–H and O–H groups in total. The highest BCUT2D eigenvalue weighted by Crippen LogP contribution is 2.16. The molecule has 62 valence electrons. The maximum atomic E-state index is 5.99. The van der Waals surface area contributed by atoms with E-state index in [1.807, 2.05) is 6.07 Å². The molecule has 1 aromatic carbocycles. The number of nitrogens with zero attached hydrogens (tertiary/aromatic N) is 1. The minimum atomic E-state index is -0.520. The van der Waals surface area contributed by atoms with Crippen LogP contribution in [0.25, 0.3) is 0 Å². The molecule has 0 aliphatic rings. The molecular formula is C9H12ClMgN. The van der Waals surface area contributed by atoms with E-state index in [2.05, 4.69) is 43.3 Å². The van der Waals surface area contributed by atoms with Crippen molar-refractivity contribution in [1.82, 2.24) is 4.90 Å². The molecule has 0 radical (unpaired) electrons. The summed E-state index contributed by atoms with van der Waals surface area (Å²) in [6, 6.07) is 10.4. The molecule has 0 saturated carbocycles. The minimum absolute atomic E-state index is 0.466. The highest BCUT2D eigenvalue weighted by atomic mass is 35.5. The molecule has 0 bridgehead atoms. The van der Waals surface area contributed by atoms with Gasteiger partial charge in [-0.05, 0) is 18.3 Å². The second kappa shape index (κ2) is 5.07. The maximum absolute atomic E-state index is 5.99. The van der Waals surface area contributed by atoms with Gasteiger partial charge in [0.05, 0.1) is 0 Å². The van der Waals surface area contributed by atoms with Gasteiger partial charge in [0.1, 0.15) is 0 Å². The van der Waals surface area contributed by atoms with Gasteiger partial charge >= 0.3 is 19.3 Å². The second-order valence-electron chi connectivity index (χ2n) is 3.04. The molecule has 1 unspecified atom stereocenters. The predicted octanol–water partition coefficient (Wildman–Crippen LogP) is 2.10. The van der Waals surface area contributed by atoms with Crippen molar-refractivity contribution >= 4 is 28.3 Å². The summed E-state index contributed by atoms with van der Waals surface area (Å²) >= 11 is -0.520. The van der Waals surface area contributed by atoms with Crippen LogP contribution >= 0.6 is 9.07 Å². The summed E-state index contributed by atoms with van der Waals surface area (Å²) in [5, 5.41) is 0. The van der Waals surface area contributed by atoms with Crippen LogP contribution in [0.2, 0.25) is 0 Å². The van der Waals surface area contributed by atoms with Crippen molar-refractivity contribution < 1.29 is 0 Å². The van der Waals surface area contributed by atoms with Crippen LogP contribution in [0.3, 0.4) is 0 Å². The normalized spacial score (nSPS) is 12.7. The Morgan fingerprint density at radius 2 is 1.83 bits per heavy atom. The number of halogens is 1. The van der Waals surface area contributed by atoms with E-state index in [9.17, 15) is 0 Å². The quantitative estimate of drug-likeness (QED) is 0.666. The van der Waals surface area contributed by atoms with E-state index in [0.29, 0.717) is 4.17 Å². The summed E-state index contributed by atoms with van der Waals surface area (Å²) in [5.41, 5.74) is 1.34. The van der Waals surface area contributed by atoms with E-state index in [1.165, 1.54) is 5.56 Å². The fraction of sp³-hybridized carbons (Fsp3) is 0.333. The van der Waals surface area contributed by atoms with Crippen LogP contribution in [0.5, 0.6) is 0 Å². The van der Waals surface area contributed by atoms with Crippen molar-refractivity contribution in [3.05, 3.63) is 35.9 Å². The van der Waals surface area contributed by atoms with E-state index in [1.54, 1.807) is 0 Å². The Kier molecular flexibility index (Phi) is 4.36. The average molecular weight is 194 g/mol. The molecule has 12 heavy (non-hydrogen) atoms. The molecule has 3 heteroatoms. The summed E-state index contributed by atoms with van der Waals surface area (Å²) in [6.45, 7) is 0. The van der Waals surface area contributed by atoms with Gasteiger partial charge < -0.3 is 14.0 Å². The number of hydrogen-bond donors (Lipinski definition) is 0. The zero-order valence-electron chi connectivity index (χ0n) is 7.50. The zero-order chi connectivity index (χ0) is 8.97. The van der Waals surface area contributed by atoms with Crippen LogP contribution in [0.15, 0.2) is 30.3 Å². The molecule has 0 amide bonds. The summed E-state index contributed by atoms with van der Waals surface area (Å²) in [7, 11) is 10.1. The Morgan fingerprint density at radius 3 is 2.25 bits per heavy atom. The van der Waals surface area contributed by atoms with Crippen molar-refractivity contribution in [2.45, 2.75) is 4.17 Å². The fourth-order valence-corrected chi connectivity index (χ4v) is 3.29. The summed E-state index contributed by atoms with van der Waals surface area (Å²) < 4.78 is 0.466. The maximum Gasteiger partial charge on any atom is 0.526 e. The Balaban J connectivity index is 2.80. The van der Waals surface area contributed by atoms with Crippen LogP contribution in [0, 0.1) is 0 Å². The second-order valence-corrected chi connectivity index (χ2v) is 5.05. The van der Waals surface area contributed by atoms with Gasteiger partial charge in [0.2, 0.25) is 0 Å². The molecule has 1 nitrogen and oxygen atoms in total. The van der Waals surface area contributed by atoms with Gasteiger partial charge in [-0.3, -0.25) is 0 Å². The Hall–Kier alpha value is 0.236. The lowest BCUT2D eigenvalue weighted by Crippen LogP contribution is -2.22. The van der Waals surface area contributed by atoms with E-state index < -0.39 is 19.3 Å². The van der Waals surface area contributed by atoms with Gasteiger partial charge in [0.25, 0.3) is 0 Å². The largest absolute Gasteiger partial charge is 0.526 e. The first-order valence-corrected chi connectivity index (χ1v) is 6.98. The van der Waals surface area contributed by atoms with Crippen molar-refractivity contribution in [3.8, 4) is 0 Å². The molecule has 0 fully saturated rings. The molecule has 0 aliphatic heterocycles. The molecule has 1 rings (SSSR count). The minimum Gasteiger partial charge on any atom is -0.343 e. The smallest absolute Gasteiger partial charge is 0.343 e. The van der Waals surface area contributed by atoms with Crippen molar-refractivity contribution in [3.63, 3.8) is 0 Å². The van der Waals surface area contributed by atoms with Gasteiger partial charge in [-0.15, -0.1) is 0 Å². The van der Waals surface area contributed by atoms with Crippen LogP contribution in [-0.2, 0) is 0 Å². The lowest BCUT2D eigenvalue weighted by molar-refractivity contribution is 0.382. The Labute approximate surface area is 87.2 Å². The van der Waals surface area contributed by atoms with Gasteiger partial charge in [-0.1, -0.05) is 35.9 Å². The van der Waals surface area contributed by atoms with E-state index in [4.69, 9.17) is 9.07 Å². The highest BCUT2D eigenvalue weighted by molar-refractivity contribution is 6.94. The van der Waals surface area contributed by atoms with Gasteiger partial charge in [-0.25, -0.2) is 0 Å². The molecule has 1 aromatic rings. The van der Waals surface area contributed by atoms with E-state index in [-0.39, 0.29) is 0 Å². The van der Waals surface area contributed by atoms with Gasteiger partial charge in [0, 0.05) is 0 Å². The Morgan fingerprint density at radius 1 is 1.25 bits per heavy atom. The first-order chi connectivity index (χ1) is 5.75. The Bertz CT molecular complexity index is 225. The lowest BCUT2D eigenvalue weighted by Gasteiger charge is -2.22. The fourth-order valence-electron chi connectivity index (χ4n) is 1.20. The molecule has 0 aromatic heterocycles. The molecule has 0 aliphatic carbocycles. The SMILES string of the molecule is CN(C)[CH]([Mg][Cl])c1ccccc1.